The fraction of sp³-hybridized carbons (Fsp3) is 0.231. The predicted molar refractivity (Wildman–Crippen MR) is 124 cm³/mol. The van der Waals surface area contributed by atoms with Gasteiger partial charge in [0.2, 0.25) is 0 Å². The zero-order valence-corrected chi connectivity index (χ0v) is 17.9. The van der Waals surface area contributed by atoms with Crippen LogP contribution in [0.15, 0.2) is 67.1 Å². The Morgan fingerprint density at radius 3 is 2.26 bits per heavy atom. The first-order valence-electron chi connectivity index (χ1n) is 10.5. The number of fused-ring (bicyclic) bond motifs is 1. The van der Waals surface area contributed by atoms with Crippen molar-refractivity contribution < 1.29 is 4.74 Å². The quantitative estimate of drug-likeness (QED) is 0.503. The van der Waals surface area contributed by atoms with Crippen LogP contribution >= 0.6 is 0 Å². The molecule has 5 rings (SSSR count). The molecule has 0 bridgehead atoms. The second-order valence-corrected chi connectivity index (χ2v) is 7.64. The normalized spacial score (nSPS) is 12.8. The van der Waals surface area contributed by atoms with Gasteiger partial charge in [-0.2, -0.15) is 5.26 Å². The van der Waals surface area contributed by atoms with E-state index in [1.165, 1.54) is 31.5 Å². The Hall–Kier alpha value is -3.62. The van der Waals surface area contributed by atoms with Crippen molar-refractivity contribution in [2.75, 3.05) is 20.2 Å². The van der Waals surface area contributed by atoms with Crippen molar-refractivity contribution in [3.05, 3.63) is 78.2 Å². The maximum Gasteiger partial charge on any atom is 0.145 e. The molecule has 0 radical (unpaired) electrons. The molecule has 1 saturated heterocycles. The van der Waals surface area contributed by atoms with Crippen molar-refractivity contribution in [3.63, 3.8) is 0 Å². The van der Waals surface area contributed by atoms with Gasteiger partial charge in [-0.3, -0.25) is 4.40 Å². The van der Waals surface area contributed by atoms with Crippen LogP contribution in [0, 0.1) is 18.3 Å². The molecule has 5 nitrogen and oxygen atoms in total. The van der Waals surface area contributed by atoms with E-state index in [0.29, 0.717) is 5.56 Å². The lowest BCUT2D eigenvalue weighted by Crippen LogP contribution is -2.03. The SMILES string of the molecule is C1CCNC1.COc1cc(-c2ccc(C#N)cc2)c(-c2ccc(C)cc2)n2cncc12. The molecule has 4 aromatic rings. The van der Waals surface area contributed by atoms with Crippen LogP contribution in [0.1, 0.15) is 24.0 Å². The summed E-state index contributed by atoms with van der Waals surface area (Å²) >= 11 is 0. The van der Waals surface area contributed by atoms with Crippen molar-refractivity contribution >= 4 is 5.52 Å². The third-order valence-electron chi connectivity index (χ3n) is 5.49. The number of hydrogen-bond acceptors (Lipinski definition) is 4. The number of nitriles is 1. The highest BCUT2D eigenvalue weighted by atomic mass is 16.5. The summed E-state index contributed by atoms with van der Waals surface area (Å²) in [4.78, 5) is 4.32. The number of pyridine rings is 1. The van der Waals surface area contributed by atoms with E-state index in [2.05, 4.69) is 52.0 Å². The average molecular weight is 411 g/mol. The van der Waals surface area contributed by atoms with Gasteiger partial charge in [0.05, 0.1) is 37.0 Å². The zero-order chi connectivity index (χ0) is 21.6. The fourth-order valence-corrected chi connectivity index (χ4v) is 3.80. The standard InChI is InChI=1S/C22H17N3O.C4H9N/c1-15-3-7-18(8-4-15)22-19(17-9-5-16(12-23)6-10-17)11-21(26-2)20-13-24-14-25(20)22;1-2-4-5-3-1/h3-11,13-14H,1-2H3;5H,1-4H2. The second kappa shape index (κ2) is 9.46. The molecule has 2 aromatic heterocycles. The van der Waals surface area contributed by atoms with Crippen LogP contribution in [0.2, 0.25) is 0 Å². The van der Waals surface area contributed by atoms with Crippen LogP contribution in [0.3, 0.4) is 0 Å². The summed E-state index contributed by atoms with van der Waals surface area (Å²) in [5, 5.41) is 12.3. The van der Waals surface area contributed by atoms with Gasteiger partial charge in [0.1, 0.15) is 11.3 Å². The lowest BCUT2D eigenvalue weighted by molar-refractivity contribution is 0.418. The third kappa shape index (κ3) is 4.45. The molecule has 31 heavy (non-hydrogen) atoms. The molecule has 1 fully saturated rings. The van der Waals surface area contributed by atoms with E-state index in [9.17, 15) is 0 Å². The highest BCUT2D eigenvalue weighted by Crippen LogP contribution is 2.37. The molecular formula is C26H26N4O. The van der Waals surface area contributed by atoms with Gasteiger partial charge in [0.15, 0.2) is 0 Å². The predicted octanol–water partition coefficient (Wildman–Crippen LogP) is 5.23. The molecule has 0 amide bonds. The minimum Gasteiger partial charge on any atom is -0.494 e. The number of ether oxygens (including phenoxy) is 1. The van der Waals surface area contributed by atoms with E-state index < -0.39 is 0 Å². The first kappa shape index (κ1) is 20.6. The van der Waals surface area contributed by atoms with Gasteiger partial charge in [0, 0.05) is 5.56 Å². The number of imidazole rings is 1. The van der Waals surface area contributed by atoms with E-state index in [-0.39, 0.29) is 0 Å². The Morgan fingerprint density at radius 2 is 1.68 bits per heavy atom. The van der Waals surface area contributed by atoms with Crippen molar-refractivity contribution in [1.29, 1.82) is 5.26 Å². The number of aryl methyl sites for hydroxylation is 1. The number of hydrogen-bond donors (Lipinski definition) is 1. The molecule has 2 aromatic carbocycles. The van der Waals surface area contributed by atoms with Crippen LogP contribution in [-0.2, 0) is 0 Å². The maximum atomic E-state index is 9.07. The first-order chi connectivity index (χ1) is 15.2. The number of aromatic nitrogens is 2. The molecule has 3 heterocycles. The van der Waals surface area contributed by atoms with E-state index in [0.717, 1.165) is 33.7 Å². The fourth-order valence-electron chi connectivity index (χ4n) is 3.80. The van der Waals surface area contributed by atoms with Gasteiger partial charge < -0.3 is 10.1 Å². The summed E-state index contributed by atoms with van der Waals surface area (Å²) in [5.74, 6) is 0.762. The Labute approximate surface area is 182 Å². The summed E-state index contributed by atoms with van der Waals surface area (Å²) < 4.78 is 7.64. The van der Waals surface area contributed by atoms with Crippen LogP contribution in [0.5, 0.6) is 5.75 Å². The molecule has 1 N–H and O–H groups in total. The summed E-state index contributed by atoms with van der Waals surface area (Å²) in [6.07, 6.45) is 6.39. The lowest BCUT2D eigenvalue weighted by atomic mass is 9.97. The van der Waals surface area contributed by atoms with E-state index >= 15 is 0 Å². The molecule has 0 unspecified atom stereocenters. The number of nitrogens with one attached hydrogen (secondary N) is 1. The second-order valence-electron chi connectivity index (χ2n) is 7.64. The number of rotatable bonds is 3. The number of methoxy groups -OCH3 is 1. The average Bonchev–Trinajstić information content (AvgIpc) is 3.54. The van der Waals surface area contributed by atoms with Gasteiger partial charge in [-0.15, -0.1) is 0 Å². The molecule has 0 aliphatic carbocycles. The molecule has 1 aliphatic heterocycles. The minimum absolute atomic E-state index is 0.640. The largest absolute Gasteiger partial charge is 0.494 e. The van der Waals surface area contributed by atoms with Crippen LogP contribution < -0.4 is 10.1 Å². The van der Waals surface area contributed by atoms with E-state index in [1.54, 1.807) is 19.6 Å². The van der Waals surface area contributed by atoms with Crippen LogP contribution in [0.25, 0.3) is 27.9 Å². The van der Waals surface area contributed by atoms with Crippen molar-refractivity contribution in [2.24, 2.45) is 0 Å². The summed E-state index contributed by atoms with van der Waals surface area (Å²) in [7, 11) is 1.66. The lowest BCUT2D eigenvalue weighted by Gasteiger charge is -2.16. The summed E-state index contributed by atoms with van der Waals surface area (Å²) in [5.41, 5.74) is 6.96. The Morgan fingerprint density at radius 1 is 1.00 bits per heavy atom. The molecule has 156 valence electrons. The highest BCUT2D eigenvalue weighted by Gasteiger charge is 2.16. The summed E-state index contributed by atoms with van der Waals surface area (Å²) in [6, 6.07) is 20.2. The van der Waals surface area contributed by atoms with E-state index in [1.807, 2.05) is 30.3 Å². The molecule has 1 aliphatic rings. The third-order valence-corrected chi connectivity index (χ3v) is 5.49. The zero-order valence-electron chi connectivity index (χ0n) is 17.9. The first-order valence-corrected chi connectivity index (χ1v) is 10.5. The summed E-state index contributed by atoms with van der Waals surface area (Å²) in [6.45, 7) is 4.58. The van der Waals surface area contributed by atoms with Crippen LogP contribution in [-0.4, -0.2) is 29.6 Å². The van der Waals surface area contributed by atoms with Gasteiger partial charge >= 0.3 is 0 Å². The molecule has 0 atom stereocenters. The van der Waals surface area contributed by atoms with Gasteiger partial charge in [-0.1, -0.05) is 42.0 Å². The Bertz CT molecular complexity index is 1190. The Kier molecular flexibility index (Phi) is 6.30. The molecule has 0 saturated carbocycles. The molecule has 0 spiro atoms. The monoisotopic (exact) mass is 410 g/mol. The van der Waals surface area contributed by atoms with Gasteiger partial charge in [-0.25, -0.2) is 4.98 Å². The van der Waals surface area contributed by atoms with Crippen LogP contribution in [0.4, 0.5) is 0 Å². The van der Waals surface area contributed by atoms with Gasteiger partial charge in [0.25, 0.3) is 0 Å². The maximum absolute atomic E-state index is 9.07. The number of benzene rings is 2. The number of nitrogens with zero attached hydrogens (tertiary/aromatic N) is 3. The van der Waals surface area contributed by atoms with E-state index in [4.69, 9.17) is 10.00 Å². The minimum atomic E-state index is 0.640. The highest BCUT2D eigenvalue weighted by molar-refractivity contribution is 5.86. The van der Waals surface area contributed by atoms with Crippen molar-refractivity contribution in [2.45, 2.75) is 19.8 Å². The van der Waals surface area contributed by atoms with Crippen molar-refractivity contribution in [1.82, 2.24) is 14.7 Å². The van der Waals surface area contributed by atoms with Crippen molar-refractivity contribution in [3.8, 4) is 34.2 Å². The smallest absolute Gasteiger partial charge is 0.145 e. The molecular weight excluding hydrogens is 384 g/mol. The Balaban J connectivity index is 0.000000407. The van der Waals surface area contributed by atoms with Gasteiger partial charge in [-0.05, 0) is 62.2 Å². The molecule has 5 heteroatoms. The topological polar surface area (TPSA) is 62.3 Å².